The van der Waals surface area contributed by atoms with Crippen LogP contribution in [0.5, 0.6) is 5.75 Å². The van der Waals surface area contributed by atoms with Crippen LogP contribution in [0.2, 0.25) is 5.02 Å². The topological polar surface area (TPSA) is 33.0 Å². The first-order valence-electron chi connectivity index (χ1n) is 5.47. The van der Waals surface area contributed by atoms with Crippen LogP contribution in [-0.4, -0.2) is 0 Å². The lowest BCUT2D eigenvalue weighted by atomic mass is 10.1. The van der Waals surface area contributed by atoms with Crippen LogP contribution in [0.1, 0.15) is 11.1 Å². The molecule has 0 amide bonds. The van der Waals surface area contributed by atoms with Gasteiger partial charge in [-0.15, -0.1) is 0 Å². The first-order valence-corrected chi connectivity index (χ1v) is 8.23. The Labute approximate surface area is 147 Å². The van der Waals surface area contributed by atoms with E-state index in [4.69, 9.17) is 21.6 Å². The zero-order valence-electron chi connectivity index (χ0n) is 9.96. The third-order valence-electron chi connectivity index (χ3n) is 2.52. The molecule has 0 fully saturated rings. The number of halogens is 4. The van der Waals surface area contributed by atoms with Crippen LogP contribution in [0.15, 0.2) is 43.7 Å². The van der Waals surface area contributed by atoms with Crippen molar-refractivity contribution in [1.29, 1.82) is 5.26 Å². The van der Waals surface area contributed by atoms with E-state index in [1.807, 2.05) is 18.2 Å². The third-order valence-corrected chi connectivity index (χ3v) is 4.50. The highest BCUT2D eigenvalue weighted by molar-refractivity contribution is 9.11. The van der Waals surface area contributed by atoms with Gasteiger partial charge < -0.3 is 4.74 Å². The molecule has 2 nitrogen and oxygen atoms in total. The van der Waals surface area contributed by atoms with Gasteiger partial charge in [0.15, 0.2) is 0 Å². The average Bonchev–Trinajstić information content (AvgIpc) is 2.39. The van der Waals surface area contributed by atoms with E-state index in [9.17, 15) is 0 Å². The summed E-state index contributed by atoms with van der Waals surface area (Å²) in [6, 6.07) is 11.0. The van der Waals surface area contributed by atoms with Crippen LogP contribution < -0.4 is 4.74 Å². The smallest absolute Gasteiger partial charge is 0.148 e. The van der Waals surface area contributed by atoms with Crippen LogP contribution >= 0.6 is 59.4 Å². The number of nitriles is 1. The number of hydrogen-bond acceptors (Lipinski definition) is 2. The fraction of sp³-hybridized carbons (Fsp3) is 0.0714. The monoisotopic (exact) mass is 477 g/mol. The summed E-state index contributed by atoms with van der Waals surface area (Å²) in [5, 5.41) is 9.32. The van der Waals surface area contributed by atoms with Crippen LogP contribution in [0.3, 0.4) is 0 Å². The Morgan fingerprint density at radius 2 is 1.75 bits per heavy atom. The fourth-order valence-corrected chi connectivity index (χ4v) is 4.27. The molecule has 0 bridgehead atoms. The molecule has 2 aromatic rings. The molecule has 20 heavy (non-hydrogen) atoms. The Kier molecular flexibility index (Phi) is 5.50. The predicted molar refractivity (Wildman–Crippen MR) is 90.0 cm³/mol. The molecule has 0 heterocycles. The second-order valence-electron chi connectivity index (χ2n) is 3.91. The van der Waals surface area contributed by atoms with Crippen LogP contribution in [-0.2, 0) is 6.61 Å². The van der Waals surface area contributed by atoms with E-state index >= 15 is 0 Å². The molecule has 0 atom stereocenters. The van der Waals surface area contributed by atoms with E-state index in [1.165, 1.54) is 0 Å². The summed E-state index contributed by atoms with van der Waals surface area (Å²) in [5.74, 6) is 0.702. The molecule has 0 radical (unpaired) electrons. The van der Waals surface area contributed by atoms with Crippen molar-refractivity contribution in [3.05, 3.63) is 59.9 Å². The lowest BCUT2D eigenvalue weighted by Gasteiger charge is -2.12. The Balaban J connectivity index is 2.20. The molecule has 0 N–H and O–H groups in total. The lowest BCUT2D eigenvalue weighted by Crippen LogP contribution is -1.98. The van der Waals surface area contributed by atoms with Gasteiger partial charge in [-0.25, -0.2) is 0 Å². The van der Waals surface area contributed by atoms with Crippen molar-refractivity contribution in [3.8, 4) is 11.8 Å². The third kappa shape index (κ3) is 3.76. The van der Waals surface area contributed by atoms with Crippen molar-refractivity contribution >= 4 is 59.4 Å². The summed E-state index contributed by atoms with van der Waals surface area (Å²) in [4.78, 5) is 0. The Hall–Kier alpha value is -0.540. The van der Waals surface area contributed by atoms with Crippen LogP contribution in [0, 0.1) is 11.3 Å². The summed E-state index contributed by atoms with van der Waals surface area (Å²) < 4.78 is 8.40. The van der Waals surface area contributed by atoms with Crippen molar-refractivity contribution in [1.82, 2.24) is 0 Å². The van der Waals surface area contributed by atoms with Gasteiger partial charge in [0.05, 0.1) is 20.6 Å². The fourth-order valence-electron chi connectivity index (χ4n) is 1.55. The Bertz CT molecular complexity index is 674. The van der Waals surface area contributed by atoms with E-state index in [2.05, 4.69) is 47.8 Å². The second kappa shape index (κ2) is 6.95. The van der Waals surface area contributed by atoms with Gasteiger partial charge in [-0.3, -0.25) is 0 Å². The molecule has 2 rings (SSSR count). The first kappa shape index (κ1) is 15.8. The standard InChI is InChI=1S/C14H7Br3ClNO/c15-10-4-11(16)14(12(17)5-10)20-7-9-2-1-8(6-19)3-13(9)18/h1-5H,7H2. The minimum absolute atomic E-state index is 0.323. The molecule has 102 valence electrons. The molecule has 6 heteroatoms. The van der Waals surface area contributed by atoms with Crippen LogP contribution in [0.4, 0.5) is 0 Å². The van der Waals surface area contributed by atoms with Gasteiger partial charge in [-0.2, -0.15) is 5.26 Å². The van der Waals surface area contributed by atoms with Crippen LogP contribution in [0.25, 0.3) is 0 Å². The van der Waals surface area contributed by atoms with Crippen molar-refractivity contribution in [2.24, 2.45) is 0 Å². The van der Waals surface area contributed by atoms with E-state index < -0.39 is 0 Å². The highest BCUT2D eigenvalue weighted by Crippen LogP contribution is 2.37. The summed E-state index contributed by atoms with van der Waals surface area (Å²) in [7, 11) is 0. The summed E-state index contributed by atoms with van der Waals surface area (Å²) in [5.41, 5.74) is 1.36. The quantitative estimate of drug-likeness (QED) is 0.534. The molecule has 0 saturated carbocycles. The maximum Gasteiger partial charge on any atom is 0.148 e. The maximum atomic E-state index is 8.80. The number of ether oxygens (including phenoxy) is 1. The molecule has 0 aliphatic heterocycles. The van der Waals surface area contributed by atoms with Crippen molar-refractivity contribution in [3.63, 3.8) is 0 Å². The van der Waals surface area contributed by atoms with Gasteiger partial charge in [0.25, 0.3) is 0 Å². The van der Waals surface area contributed by atoms with Gasteiger partial charge in [0.1, 0.15) is 12.4 Å². The van der Waals surface area contributed by atoms with E-state index in [-0.39, 0.29) is 0 Å². The lowest BCUT2D eigenvalue weighted by molar-refractivity contribution is 0.302. The normalized spacial score (nSPS) is 10.2. The Morgan fingerprint density at radius 1 is 1.10 bits per heavy atom. The summed E-state index contributed by atoms with van der Waals surface area (Å²) in [6.45, 7) is 0.323. The molecule has 0 unspecified atom stereocenters. The molecule has 0 aromatic heterocycles. The highest BCUT2D eigenvalue weighted by atomic mass is 79.9. The van der Waals surface area contributed by atoms with Crippen molar-refractivity contribution < 1.29 is 4.74 Å². The van der Waals surface area contributed by atoms with E-state index in [0.717, 1.165) is 19.0 Å². The first-order chi connectivity index (χ1) is 9.51. The maximum absolute atomic E-state index is 8.80. The number of hydrogen-bond donors (Lipinski definition) is 0. The number of rotatable bonds is 3. The highest BCUT2D eigenvalue weighted by Gasteiger charge is 2.10. The number of nitrogens with zero attached hydrogens (tertiary/aromatic N) is 1. The van der Waals surface area contributed by atoms with Gasteiger partial charge in [-0.1, -0.05) is 33.6 Å². The average molecular weight is 480 g/mol. The molecular formula is C14H7Br3ClNO. The summed E-state index contributed by atoms with van der Waals surface area (Å²) >= 11 is 16.4. The van der Waals surface area contributed by atoms with E-state index in [0.29, 0.717) is 22.9 Å². The molecule has 0 spiro atoms. The molecule has 0 aliphatic carbocycles. The number of benzene rings is 2. The second-order valence-corrected chi connectivity index (χ2v) is 6.94. The minimum Gasteiger partial charge on any atom is -0.486 e. The largest absolute Gasteiger partial charge is 0.486 e. The van der Waals surface area contributed by atoms with Crippen molar-refractivity contribution in [2.75, 3.05) is 0 Å². The molecular weight excluding hydrogens is 473 g/mol. The molecule has 0 aliphatic rings. The Morgan fingerprint density at radius 3 is 2.30 bits per heavy atom. The minimum atomic E-state index is 0.323. The van der Waals surface area contributed by atoms with Gasteiger partial charge >= 0.3 is 0 Å². The van der Waals surface area contributed by atoms with Gasteiger partial charge in [-0.05, 0) is 56.1 Å². The van der Waals surface area contributed by atoms with E-state index in [1.54, 1.807) is 18.2 Å². The SMILES string of the molecule is N#Cc1ccc(COc2c(Br)cc(Br)cc2Br)c(Cl)c1. The van der Waals surface area contributed by atoms with Crippen molar-refractivity contribution in [2.45, 2.75) is 6.61 Å². The zero-order chi connectivity index (χ0) is 14.7. The molecule has 0 saturated heterocycles. The van der Waals surface area contributed by atoms with Gasteiger partial charge in [0, 0.05) is 15.1 Å². The zero-order valence-corrected chi connectivity index (χ0v) is 15.5. The van der Waals surface area contributed by atoms with Gasteiger partial charge in [0.2, 0.25) is 0 Å². The summed E-state index contributed by atoms with van der Waals surface area (Å²) in [6.07, 6.45) is 0. The molecule has 2 aromatic carbocycles. The predicted octanol–water partition coefficient (Wildman–Crippen LogP) is 6.08.